The molecule has 0 radical (unpaired) electrons. The zero-order valence-electron chi connectivity index (χ0n) is 15.3. The van der Waals surface area contributed by atoms with Crippen LogP contribution in [0.3, 0.4) is 0 Å². The molecule has 5 heteroatoms. The first kappa shape index (κ1) is 18.5. The van der Waals surface area contributed by atoms with Crippen LogP contribution in [0.5, 0.6) is 0 Å². The maximum atomic E-state index is 12.2. The van der Waals surface area contributed by atoms with Crippen LogP contribution in [0.4, 0.5) is 5.69 Å². The number of aryl methyl sites for hydroxylation is 1. The molecule has 1 aromatic rings. The minimum absolute atomic E-state index is 0.0108. The lowest BCUT2D eigenvalue weighted by molar-refractivity contribution is -0.906. The molecule has 0 unspecified atom stereocenters. The Hall–Kier alpha value is -1.88. The highest BCUT2D eigenvalue weighted by Crippen LogP contribution is 2.26. The molecule has 1 aromatic carbocycles. The van der Waals surface area contributed by atoms with E-state index in [2.05, 4.69) is 24.7 Å². The number of likely N-dealkylation sites (N-methyl/N-ethyl adjacent to an activating group) is 1. The van der Waals surface area contributed by atoms with E-state index in [-0.39, 0.29) is 18.4 Å². The largest absolute Gasteiger partial charge is 0.342 e. The fourth-order valence-corrected chi connectivity index (χ4v) is 3.42. The van der Waals surface area contributed by atoms with Crippen molar-refractivity contribution in [3.05, 3.63) is 29.3 Å². The summed E-state index contributed by atoms with van der Waals surface area (Å²) in [7, 11) is 4.21. The van der Waals surface area contributed by atoms with Crippen LogP contribution >= 0.6 is 0 Å². The van der Waals surface area contributed by atoms with E-state index in [1.807, 2.05) is 32.0 Å². The number of anilines is 1. The van der Waals surface area contributed by atoms with Gasteiger partial charge in [0.15, 0.2) is 6.54 Å². The average molecular weight is 332 g/mol. The third-order valence-corrected chi connectivity index (χ3v) is 5.19. The number of nitrogens with zero attached hydrogens (tertiary/aromatic N) is 1. The first-order chi connectivity index (χ1) is 11.3. The summed E-state index contributed by atoms with van der Waals surface area (Å²) < 4.78 is 0.699. The summed E-state index contributed by atoms with van der Waals surface area (Å²) in [5.41, 5.74) is 2.99. The second kappa shape index (κ2) is 7.79. The molecule has 2 amide bonds. The smallest absolute Gasteiger partial charge is 0.275 e. The molecule has 0 saturated heterocycles. The average Bonchev–Trinajstić information content (AvgIpc) is 3.05. The molecule has 1 aliphatic carbocycles. The number of hydrogen-bond donors (Lipinski definition) is 2. The maximum absolute atomic E-state index is 12.2. The van der Waals surface area contributed by atoms with Crippen molar-refractivity contribution in [3.8, 4) is 0 Å². The molecule has 0 aromatic heterocycles. The van der Waals surface area contributed by atoms with Gasteiger partial charge in [-0.25, -0.2) is 0 Å². The van der Waals surface area contributed by atoms with Gasteiger partial charge in [-0.05, 0) is 56.7 Å². The van der Waals surface area contributed by atoms with Crippen molar-refractivity contribution in [3.63, 3.8) is 0 Å². The van der Waals surface area contributed by atoms with Crippen LogP contribution in [0.1, 0.15) is 36.8 Å². The number of hydrogen-bond acceptors (Lipinski definition) is 2. The summed E-state index contributed by atoms with van der Waals surface area (Å²) in [6.07, 6.45) is 4.89. The highest BCUT2D eigenvalue weighted by molar-refractivity contribution is 5.95. The Morgan fingerprint density at radius 3 is 2.46 bits per heavy atom. The summed E-state index contributed by atoms with van der Waals surface area (Å²) in [6, 6.07) is 6.36. The van der Waals surface area contributed by atoms with Crippen LogP contribution in [0.2, 0.25) is 0 Å². The van der Waals surface area contributed by atoms with Gasteiger partial charge in [0.25, 0.3) is 5.91 Å². The molecule has 0 heterocycles. The Morgan fingerprint density at radius 2 is 1.79 bits per heavy atom. The number of rotatable bonds is 6. The predicted molar refractivity (Wildman–Crippen MR) is 96.8 cm³/mol. The molecule has 0 aliphatic heterocycles. The van der Waals surface area contributed by atoms with Gasteiger partial charge in [0.2, 0.25) is 5.91 Å². The number of quaternary nitrogens is 1. The number of carbonyl (C=O) groups excluding carboxylic acids is 2. The summed E-state index contributed by atoms with van der Waals surface area (Å²) >= 11 is 0. The van der Waals surface area contributed by atoms with E-state index >= 15 is 0 Å². The number of amides is 2. The van der Waals surface area contributed by atoms with Crippen LogP contribution in [-0.4, -0.2) is 49.5 Å². The molecule has 1 saturated carbocycles. The van der Waals surface area contributed by atoms with Gasteiger partial charge in [-0.3, -0.25) is 9.59 Å². The highest BCUT2D eigenvalue weighted by Gasteiger charge is 2.32. The van der Waals surface area contributed by atoms with E-state index in [0.717, 1.165) is 16.8 Å². The van der Waals surface area contributed by atoms with Crippen molar-refractivity contribution < 1.29 is 14.1 Å². The monoisotopic (exact) mass is 332 g/mol. The zero-order valence-corrected chi connectivity index (χ0v) is 15.3. The second-order valence-corrected chi connectivity index (χ2v) is 7.45. The second-order valence-electron chi connectivity index (χ2n) is 7.45. The van der Waals surface area contributed by atoms with Crippen LogP contribution in [0.15, 0.2) is 18.2 Å². The third-order valence-electron chi connectivity index (χ3n) is 5.19. The summed E-state index contributed by atoms with van der Waals surface area (Å²) in [5, 5.41) is 5.62. The zero-order chi connectivity index (χ0) is 17.7. The summed E-state index contributed by atoms with van der Waals surface area (Å²) in [5.74, 6) is -0.258. The molecular formula is C19H30N3O2+. The molecular weight excluding hydrogens is 302 g/mol. The Bertz CT molecular complexity index is 605. The molecule has 0 atom stereocenters. The minimum atomic E-state index is -0.191. The first-order valence-corrected chi connectivity index (χ1v) is 8.75. The Kier molecular flexibility index (Phi) is 5.99. The number of carbonyl (C=O) groups is 2. The van der Waals surface area contributed by atoms with Crippen molar-refractivity contribution in [1.29, 1.82) is 0 Å². The molecule has 132 valence electrons. The van der Waals surface area contributed by atoms with Crippen molar-refractivity contribution >= 4 is 17.5 Å². The van der Waals surface area contributed by atoms with Gasteiger partial charge < -0.3 is 15.1 Å². The Morgan fingerprint density at radius 1 is 1.12 bits per heavy atom. The maximum Gasteiger partial charge on any atom is 0.275 e. The van der Waals surface area contributed by atoms with Gasteiger partial charge in [0, 0.05) is 5.69 Å². The SMILES string of the molecule is Cc1cccc(NC(=O)CNC(=O)C[N+](C)(C)C2CCCC2)c1C. The van der Waals surface area contributed by atoms with E-state index in [0.29, 0.717) is 17.1 Å². The molecule has 2 rings (SSSR count). The molecule has 5 nitrogen and oxygen atoms in total. The standard InChI is InChI=1S/C19H29N3O2/c1-14-8-7-11-17(15(14)2)21-18(23)12-20-19(24)13-22(3,4)16-9-5-6-10-16/h7-8,11,16H,5-6,9-10,12-13H2,1-4H3,(H-,20,21,23,24)/p+1. The molecule has 0 spiro atoms. The lowest BCUT2D eigenvalue weighted by Gasteiger charge is -2.35. The van der Waals surface area contributed by atoms with Crippen molar-refractivity contribution in [2.45, 2.75) is 45.6 Å². The minimum Gasteiger partial charge on any atom is -0.342 e. The Labute approximate surface area is 145 Å². The summed E-state index contributed by atoms with van der Waals surface area (Å²) in [6.45, 7) is 4.42. The Balaban J connectivity index is 1.80. The van der Waals surface area contributed by atoms with E-state index in [4.69, 9.17) is 0 Å². The first-order valence-electron chi connectivity index (χ1n) is 8.75. The molecule has 0 bridgehead atoms. The number of benzene rings is 1. The highest BCUT2D eigenvalue weighted by atomic mass is 16.2. The molecule has 1 fully saturated rings. The lowest BCUT2D eigenvalue weighted by Crippen LogP contribution is -2.53. The van der Waals surface area contributed by atoms with E-state index in [9.17, 15) is 9.59 Å². The van der Waals surface area contributed by atoms with Crippen LogP contribution in [0.25, 0.3) is 0 Å². The predicted octanol–water partition coefficient (Wildman–Crippen LogP) is 2.38. The van der Waals surface area contributed by atoms with E-state index < -0.39 is 0 Å². The molecule has 1 aliphatic rings. The van der Waals surface area contributed by atoms with Crippen LogP contribution in [0, 0.1) is 13.8 Å². The summed E-state index contributed by atoms with van der Waals surface area (Å²) in [4.78, 5) is 24.3. The van der Waals surface area contributed by atoms with Gasteiger partial charge in [-0.2, -0.15) is 0 Å². The topological polar surface area (TPSA) is 58.2 Å². The van der Waals surface area contributed by atoms with Crippen molar-refractivity contribution in [2.24, 2.45) is 0 Å². The van der Waals surface area contributed by atoms with Gasteiger partial charge in [-0.15, -0.1) is 0 Å². The molecule has 2 N–H and O–H groups in total. The quantitative estimate of drug-likeness (QED) is 0.786. The van der Waals surface area contributed by atoms with Gasteiger partial charge >= 0.3 is 0 Å². The van der Waals surface area contributed by atoms with E-state index in [1.54, 1.807) is 0 Å². The van der Waals surface area contributed by atoms with Crippen LogP contribution in [-0.2, 0) is 9.59 Å². The van der Waals surface area contributed by atoms with Gasteiger partial charge in [0.1, 0.15) is 0 Å². The van der Waals surface area contributed by atoms with Crippen LogP contribution < -0.4 is 10.6 Å². The van der Waals surface area contributed by atoms with Gasteiger partial charge in [-0.1, -0.05) is 12.1 Å². The van der Waals surface area contributed by atoms with Gasteiger partial charge in [0.05, 0.1) is 26.7 Å². The number of nitrogens with one attached hydrogen (secondary N) is 2. The fourth-order valence-electron chi connectivity index (χ4n) is 3.42. The molecule has 24 heavy (non-hydrogen) atoms. The van der Waals surface area contributed by atoms with E-state index in [1.165, 1.54) is 25.7 Å². The normalized spacial score (nSPS) is 15.3. The van der Waals surface area contributed by atoms with Crippen molar-refractivity contribution in [2.75, 3.05) is 32.5 Å². The third kappa shape index (κ3) is 4.81. The lowest BCUT2D eigenvalue weighted by atomic mass is 10.1. The van der Waals surface area contributed by atoms with Crippen molar-refractivity contribution in [1.82, 2.24) is 5.32 Å². The fraction of sp³-hybridized carbons (Fsp3) is 0.579.